The van der Waals surface area contributed by atoms with E-state index in [0.29, 0.717) is 11.3 Å². The summed E-state index contributed by atoms with van der Waals surface area (Å²) in [6.45, 7) is 4.01. The van der Waals surface area contributed by atoms with E-state index >= 15 is 0 Å². The van der Waals surface area contributed by atoms with Gasteiger partial charge in [-0.3, -0.25) is 0 Å². The predicted molar refractivity (Wildman–Crippen MR) is 76.6 cm³/mol. The third-order valence-corrected chi connectivity index (χ3v) is 3.50. The fraction of sp³-hybridized carbons (Fsp3) is 0.250. The second kappa shape index (κ2) is 5.62. The van der Waals surface area contributed by atoms with Crippen molar-refractivity contribution >= 4 is 11.6 Å². The summed E-state index contributed by atoms with van der Waals surface area (Å²) >= 11 is 6.40. The fourth-order valence-electron chi connectivity index (χ4n) is 2.18. The number of methoxy groups -OCH3 is 1. The van der Waals surface area contributed by atoms with E-state index in [9.17, 15) is 4.39 Å². The minimum Gasteiger partial charge on any atom is -0.497 e. The van der Waals surface area contributed by atoms with E-state index in [2.05, 4.69) is 6.07 Å². The van der Waals surface area contributed by atoms with E-state index < -0.39 is 5.38 Å². The van der Waals surface area contributed by atoms with Crippen LogP contribution >= 0.6 is 11.6 Å². The van der Waals surface area contributed by atoms with Crippen LogP contribution in [0.2, 0.25) is 0 Å². The van der Waals surface area contributed by atoms with Gasteiger partial charge in [0, 0.05) is 11.6 Å². The van der Waals surface area contributed by atoms with Gasteiger partial charge in [0.1, 0.15) is 11.6 Å². The van der Waals surface area contributed by atoms with Gasteiger partial charge in [0.2, 0.25) is 0 Å². The molecule has 0 spiro atoms. The lowest BCUT2D eigenvalue weighted by molar-refractivity contribution is 0.410. The molecule has 19 heavy (non-hydrogen) atoms. The molecular formula is C16H16ClFO. The SMILES string of the molecule is COc1ccc(C(Cl)c2cc(C)cc(C)c2)c(F)c1. The molecule has 0 radical (unpaired) electrons. The first-order valence-corrected chi connectivity index (χ1v) is 6.50. The number of hydrogen-bond acceptors (Lipinski definition) is 1. The van der Waals surface area contributed by atoms with Crippen LogP contribution in [0.4, 0.5) is 4.39 Å². The maximum Gasteiger partial charge on any atom is 0.131 e. The Labute approximate surface area is 118 Å². The number of benzene rings is 2. The van der Waals surface area contributed by atoms with E-state index in [0.717, 1.165) is 16.7 Å². The topological polar surface area (TPSA) is 9.23 Å². The van der Waals surface area contributed by atoms with Crippen LogP contribution < -0.4 is 4.74 Å². The Morgan fingerprint density at radius 2 is 1.68 bits per heavy atom. The molecule has 2 aromatic rings. The number of alkyl halides is 1. The van der Waals surface area contributed by atoms with Crippen LogP contribution in [0.1, 0.15) is 27.6 Å². The summed E-state index contributed by atoms with van der Waals surface area (Å²) in [4.78, 5) is 0. The molecule has 2 rings (SSSR count). The quantitative estimate of drug-likeness (QED) is 0.734. The number of ether oxygens (including phenoxy) is 1. The maximum absolute atomic E-state index is 14.0. The Kier molecular flexibility index (Phi) is 4.11. The maximum atomic E-state index is 14.0. The van der Waals surface area contributed by atoms with Gasteiger partial charge in [-0.05, 0) is 25.5 Å². The molecular weight excluding hydrogens is 263 g/mol. The molecule has 0 fully saturated rings. The first-order valence-electron chi connectivity index (χ1n) is 6.07. The molecule has 0 saturated carbocycles. The fourth-order valence-corrected chi connectivity index (χ4v) is 2.48. The van der Waals surface area contributed by atoms with Crippen molar-refractivity contribution in [2.75, 3.05) is 7.11 Å². The van der Waals surface area contributed by atoms with Crippen LogP contribution in [-0.4, -0.2) is 7.11 Å². The second-order valence-electron chi connectivity index (χ2n) is 4.67. The summed E-state index contributed by atoms with van der Waals surface area (Å²) in [5.74, 6) is 0.143. The molecule has 100 valence electrons. The largest absolute Gasteiger partial charge is 0.497 e. The van der Waals surface area contributed by atoms with Crippen LogP contribution in [0.25, 0.3) is 0 Å². The van der Waals surface area contributed by atoms with Crippen LogP contribution in [0, 0.1) is 19.7 Å². The van der Waals surface area contributed by atoms with Gasteiger partial charge in [-0.15, -0.1) is 11.6 Å². The molecule has 0 amide bonds. The third kappa shape index (κ3) is 3.07. The molecule has 0 aromatic heterocycles. The van der Waals surface area contributed by atoms with Gasteiger partial charge in [0.15, 0.2) is 0 Å². The molecule has 1 atom stereocenters. The van der Waals surface area contributed by atoms with Crippen molar-refractivity contribution < 1.29 is 9.13 Å². The lowest BCUT2D eigenvalue weighted by Crippen LogP contribution is -1.99. The highest BCUT2D eigenvalue weighted by Crippen LogP contribution is 2.33. The molecule has 1 nitrogen and oxygen atoms in total. The number of halogens is 2. The molecule has 0 aliphatic rings. The average Bonchev–Trinajstić information content (AvgIpc) is 2.36. The van der Waals surface area contributed by atoms with E-state index in [1.165, 1.54) is 13.2 Å². The van der Waals surface area contributed by atoms with E-state index in [1.54, 1.807) is 12.1 Å². The van der Waals surface area contributed by atoms with E-state index in [4.69, 9.17) is 16.3 Å². The Bertz CT molecular complexity index is 575. The summed E-state index contributed by atoms with van der Waals surface area (Å²) < 4.78 is 19.0. The molecule has 3 heteroatoms. The molecule has 1 unspecified atom stereocenters. The summed E-state index contributed by atoms with van der Waals surface area (Å²) in [6, 6.07) is 10.8. The predicted octanol–water partition coefficient (Wildman–Crippen LogP) is 4.78. The van der Waals surface area contributed by atoms with Crippen molar-refractivity contribution in [1.82, 2.24) is 0 Å². The van der Waals surface area contributed by atoms with Gasteiger partial charge in [0.05, 0.1) is 12.5 Å². The van der Waals surface area contributed by atoms with Crippen molar-refractivity contribution in [3.63, 3.8) is 0 Å². The summed E-state index contributed by atoms with van der Waals surface area (Å²) in [5.41, 5.74) is 3.61. The summed E-state index contributed by atoms with van der Waals surface area (Å²) in [6.07, 6.45) is 0. The number of aryl methyl sites for hydroxylation is 2. The minimum atomic E-state index is -0.496. The normalized spacial score (nSPS) is 12.3. The van der Waals surface area contributed by atoms with Gasteiger partial charge in [-0.2, -0.15) is 0 Å². The zero-order chi connectivity index (χ0) is 14.0. The van der Waals surface area contributed by atoms with Crippen molar-refractivity contribution in [3.8, 4) is 5.75 Å². The smallest absolute Gasteiger partial charge is 0.131 e. The van der Waals surface area contributed by atoms with Crippen LogP contribution in [0.3, 0.4) is 0 Å². The highest BCUT2D eigenvalue weighted by molar-refractivity contribution is 6.22. The van der Waals surface area contributed by atoms with Crippen LogP contribution in [0.15, 0.2) is 36.4 Å². The van der Waals surface area contributed by atoms with Crippen molar-refractivity contribution in [3.05, 3.63) is 64.5 Å². The first kappa shape index (κ1) is 13.9. The number of hydrogen-bond donors (Lipinski definition) is 0. The molecule has 0 N–H and O–H groups in total. The van der Waals surface area contributed by atoms with E-state index in [-0.39, 0.29) is 5.82 Å². The molecule has 0 aliphatic heterocycles. The Morgan fingerprint density at radius 1 is 1.05 bits per heavy atom. The van der Waals surface area contributed by atoms with Gasteiger partial charge in [-0.25, -0.2) is 4.39 Å². The van der Waals surface area contributed by atoms with Crippen molar-refractivity contribution in [2.24, 2.45) is 0 Å². The summed E-state index contributed by atoms with van der Waals surface area (Å²) in [5, 5.41) is -0.496. The Morgan fingerprint density at radius 3 is 2.21 bits per heavy atom. The first-order chi connectivity index (χ1) is 9.01. The highest BCUT2D eigenvalue weighted by Gasteiger charge is 2.16. The summed E-state index contributed by atoms with van der Waals surface area (Å²) in [7, 11) is 1.51. The lowest BCUT2D eigenvalue weighted by atomic mass is 10.00. The standard InChI is InChI=1S/C16H16ClFO/c1-10-6-11(2)8-12(7-10)16(17)14-5-4-13(19-3)9-15(14)18/h4-9,16H,1-3H3. The van der Waals surface area contributed by atoms with Gasteiger partial charge >= 0.3 is 0 Å². The number of rotatable bonds is 3. The monoisotopic (exact) mass is 278 g/mol. The zero-order valence-electron chi connectivity index (χ0n) is 11.2. The van der Waals surface area contributed by atoms with Crippen LogP contribution in [-0.2, 0) is 0 Å². The van der Waals surface area contributed by atoms with Gasteiger partial charge < -0.3 is 4.74 Å². The van der Waals surface area contributed by atoms with E-state index in [1.807, 2.05) is 26.0 Å². The van der Waals surface area contributed by atoms with Crippen LogP contribution in [0.5, 0.6) is 5.75 Å². The highest BCUT2D eigenvalue weighted by atomic mass is 35.5. The third-order valence-electron chi connectivity index (χ3n) is 3.02. The van der Waals surface area contributed by atoms with Crippen molar-refractivity contribution in [1.29, 1.82) is 0 Å². The second-order valence-corrected chi connectivity index (χ2v) is 5.11. The molecule has 0 bridgehead atoms. The van der Waals surface area contributed by atoms with Gasteiger partial charge in [0.25, 0.3) is 0 Å². The Hall–Kier alpha value is -1.54. The zero-order valence-corrected chi connectivity index (χ0v) is 12.0. The Balaban J connectivity index is 2.40. The minimum absolute atomic E-state index is 0.349. The van der Waals surface area contributed by atoms with Crippen molar-refractivity contribution in [2.45, 2.75) is 19.2 Å². The molecule has 0 heterocycles. The molecule has 2 aromatic carbocycles. The molecule has 0 saturated heterocycles. The molecule has 0 aliphatic carbocycles. The average molecular weight is 279 g/mol. The van der Waals surface area contributed by atoms with Gasteiger partial charge in [-0.1, -0.05) is 35.4 Å². The lowest BCUT2D eigenvalue weighted by Gasteiger charge is -2.14.